The van der Waals surface area contributed by atoms with Crippen molar-refractivity contribution < 1.29 is 0 Å². The Labute approximate surface area is 72.4 Å². The van der Waals surface area contributed by atoms with E-state index in [-0.39, 0.29) is 0 Å². The molecule has 0 bridgehead atoms. The molecule has 0 amide bonds. The Morgan fingerprint density at radius 1 is 1.18 bits per heavy atom. The molecular formula is C10H23P. The molecule has 0 saturated carbocycles. The fourth-order valence-corrected chi connectivity index (χ4v) is 3.22. The molecule has 11 heavy (non-hydrogen) atoms. The lowest BCUT2D eigenvalue weighted by Crippen LogP contribution is -1.99. The zero-order chi connectivity index (χ0) is 8.91. The largest absolute Gasteiger partial charge is 0.112 e. The summed E-state index contributed by atoms with van der Waals surface area (Å²) < 4.78 is 0. The van der Waals surface area contributed by atoms with Crippen LogP contribution >= 0.6 is 6.89 Å². The van der Waals surface area contributed by atoms with E-state index in [0.717, 1.165) is 5.92 Å². The van der Waals surface area contributed by atoms with Gasteiger partial charge in [0.25, 0.3) is 0 Å². The third kappa shape index (κ3) is 4.69. The summed E-state index contributed by atoms with van der Waals surface area (Å²) in [6.45, 7) is 8.46. The topological polar surface area (TPSA) is 0 Å². The van der Waals surface area contributed by atoms with Crippen LogP contribution in [0.2, 0.25) is 0 Å². The van der Waals surface area contributed by atoms with E-state index in [9.17, 15) is 0 Å². The van der Waals surface area contributed by atoms with Crippen molar-refractivity contribution >= 4 is 13.2 Å². The Balaban J connectivity index is 3.79. The summed E-state index contributed by atoms with van der Waals surface area (Å²) in [4.78, 5) is 0. The molecule has 0 fully saturated rings. The number of rotatable bonds is 5. The van der Waals surface area contributed by atoms with Crippen molar-refractivity contribution in [2.24, 2.45) is 5.92 Å². The van der Waals surface area contributed by atoms with Crippen molar-refractivity contribution in [2.75, 3.05) is 18.5 Å². The highest BCUT2D eigenvalue weighted by atomic mass is 31.2. The monoisotopic (exact) mass is 174 g/mol. The van der Waals surface area contributed by atoms with E-state index in [1.54, 1.807) is 0 Å². The second-order valence-corrected chi connectivity index (χ2v) is 8.28. The van der Waals surface area contributed by atoms with Gasteiger partial charge in [0.2, 0.25) is 0 Å². The van der Waals surface area contributed by atoms with Gasteiger partial charge >= 0.3 is 0 Å². The number of hydrogen-bond donors (Lipinski definition) is 0. The maximum absolute atomic E-state index is 4.39. The maximum atomic E-state index is 4.39. The van der Waals surface area contributed by atoms with Gasteiger partial charge in [-0.3, -0.25) is 0 Å². The number of hydrogen-bond acceptors (Lipinski definition) is 0. The molecule has 0 aliphatic heterocycles. The Bertz CT molecular complexity index is 128. The fraction of sp³-hybridized carbons (Fsp3) is 0.900. The van der Waals surface area contributed by atoms with Crippen LogP contribution < -0.4 is 0 Å². The van der Waals surface area contributed by atoms with Crippen LogP contribution in [0.4, 0.5) is 0 Å². The van der Waals surface area contributed by atoms with Crippen molar-refractivity contribution in [2.45, 2.75) is 34.1 Å². The van der Waals surface area contributed by atoms with Crippen LogP contribution in [0, 0.1) is 5.92 Å². The molecule has 0 N–H and O–H groups in total. The van der Waals surface area contributed by atoms with Gasteiger partial charge in [0.15, 0.2) is 0 Å². The molecule has 0 aromatic rings. The van der Waals surface area contributed by atoms with Crippen LogP contribution in [-0.2, 0) is 0 Å². The smallest absolute Gasteiger partial charge is 0.0330 e. The van der Waals surface area contributed by atoms with E-state index in [2.05, 4.69) is 34.0 Å². The molecule has 0 spiro atoms. The van der Waals surface area contributed by atoms with E-state index < -0.39 is 6.89 Å². The fourth-order valence-electron chi connectivity index (χ4n) is 1.07. The van der Waals surface area contributed by atoms with E-state index in [4.69, 9.17) is 0 Å². The summed E-state index contributed by atoms with van der Waals surface area (Å²) in [5.41, 5.74) is 0. The van der Waals surface area contributed by atoms with Crippen molar-refractivity contribution in [1.29, 1.82) is 0 Å². The third-order valence-electron chi connectivity index (χ3n) is 2.52. The summed E-state index contributed by atoms with van der Waals surface area (Å²) >= 11 is 0. The van der Waals surface area contributed by atoms with Crippen LogP contribution in [0.25, 0.3) is 0 Å². The molecule has 0 heterocycles. The maximum Gasteiger partial charge on any atom is -0.0330 e. The van der Waals surface area contributed by atoms with Gasteiger partial charge in [-0.15, -0.1) is 13.2 Å². The van der Waals surface area contributed by atoms with Gasteiger partial charge in [-0.25, -0.2) is 0 Å². The van der Waals surface area contributed by atoms with Crippen LogP contribution in [0.1, 0.15) is 34.1 Å². The van der Waals surface area contributed by atoms with Gasteiger partial charge in [-0.2, -0.15) is 0 Å². The molecule has 0 aromatic carbocycles. The molecule has 0 aliphatic rings. The quantitative estimate of drug-likeness (QED) is 0.559. The Morgan fingerprint density at radius 2 is 1.64 bits per heavy atom. The highest BCUT2D eigenvalue weighted by Gasteiger charge is 2.08. The molecule has 0 aliphatic carbocycles. The Kier molecular flexibility index (Phi) is 5.17. The highest BCUT2D eigenvalue weighted by Crippen LogP contribution is 2.44. The molecule has 0 unspecified atom stereocenters. The van der Waals surface area contributed by atoms with Crippen LogP contribution in [0.5, 0.6) is 0 Å². The lowest BCUT2D eigenvalue weighted by atomic mass is 10.2. The second kappa shape index (κ2) is 5.04. The normalized spacial score (nSPS) is 12.5. The van der Waals surface area contributed by atoms with Gasteiger partial charge < -0.3 is 0 Å². The first-order chi connectivity index (χ1) is 5.04. The van der Waals surface area contributed by atoms with E-state index in [1.807, 2.05) is 0 Å². The van der Waals surface area contributed by atoms with Crippen LogP contribution in [0.15, 0.2) is 0 Å². The molecule has 0 aromatic heterocycles. The van der Waals surface area contributed by atoms with E-state index >= 15 is 0 Å². The van der Waals surface area contributed by atoms with Crippen molar-refractivity contribution in [3.63, 3.8) is 0 Å². The summed E-state index contributed by atoms with van der Waals surface area (Å²) in [5.74, 6) is 0.856. The summed E-state index contributed by atoms with van der Waals surface area (Å²) in [5, 5.41) is 0. The third-order valence-corrected chi connectivity index (χ3v) is 6.41. The van der Waals surface area contributed by atoms with E-state index in [0.29, 0.717) is 0 Å². The molecule has 0 nitrogen and oxygen atoms in total. The minimum absolute atomic E-state index is 0.735. The Morgan fingerprint density at radius 3 is 1.91 bits per heavy atom. The first-order valence-corrected chi connectivity index (χ1v) is 7.27. The second-order valence-electron chi connectivity index (χ2n) is 3.88. The minimum Gasteiger partial charge on any atom is -0.112 e. The van der Waals surface area contributed by atoms with Gasteiger partial charge in [0, 0.05) is 0 Å². The summed E-state index contributed by atoms with van der Waals surface area (Å²) in [6, 6.07) is 0. The molecule has 1 heteroatoms. The first kappa shape index (κ1) is 11.3. The molecule has 0 atom stereocenters. The lowest BCUT2D eigenvalue weighted by molar-refractivity contribution is 0.629. The highest BCUT2D eigenvalue weighted by molar-refractivity contribution is 7.73. The predicted octanol–water partition coefficient (Wildman–Crippen LogP) is 3.52. The first-order valence-electron chi connectivity index (χ1n) is 4.74. The molecular weight excluding hydrogens is 151 g/mol. The van der Waals surface area contributed by atoms with Gasteiger partial charge in [-0.05, 0) is 30.8 Å². The zero-order valence-corrected chi connectivity index (χ0v) is 9.45. The summed E-state index contributed by atoms with van der Waals surface area (Å²) in [6.07, 6.45) is 9.82. The van der Waals surface area contributed by atoms with Gasteiger partial charge in [0.05, 0.1) is 0 Å². The van der Waals surface area contributed by atoms with Gasteiger partial charge in [-0.1, -0.05) is 27.7 Å². The minimum atomic E-state index is -0.735. The molecule has 0 radical (unpaired) electrons. The SMILES string of the molecule is C=P(CC)(CC)CCC(C)C. The van der Waals surface area contributed by atoms with Crippen LogP contribution in [-0.4, -0.2) is 24.8 Å². The zero-order valence-electron chi connectivity index (χ0n) is 8.56. The Hall–Kier alpha value is 0.300. The van der Waals surface area contributed by atoms with Crippen molar-refractivity contribution in [3.05, 3.63) is 0 Å². The van der Waals surface area contributed by atoms with Crippen molar-refractivity contribution in [1.82, 2.24) is 0 Å². The standard InChI is InChI=1S/C10H23P/c1-6-11(5,7-2)9-8-10(3)4/h10H,5-9H2,1-4H3. The lowest BCUT2D eigenvalue weighted by Gasteiger charge is -2.21. The molecule has 0 saturated heterocycles. The van der Waals surface area contributed by atoms with Crippen LogP contribution in [0.3, 0.4) is 0 Å². The summed E-state index contributed by atoms with van der Waals surface area (Å²) in [7, 11) is 0. The van der Waals surface area contributed by atoms with Crippen molar-refractivity contribution in [3.8, 4) is 0 Å². The van der Waals surface area contributed by atoms with Gasteiger partial charge in [0.1, 0.15) is 0 Å². The molecule has 0 rings (SSSR count). The predicted molar refractivity (Wildman–Crippen MR) is 59.4 cm³/mol. The van der Waals surface area contributed by atoms with E-state index in [1.165, 1.54) is 24.9 Å². The average Bonchev–Trinajstić information content (AvgIpc) is 2.00. The average molecular weight is 174 g/mol. The molecule has 68 valence electrons.